The number of carbonyl (C=O) groups is 1. The molecule has 17 heavy (non-hydrogen) atoms. The zero-order chi connectivity index (χ0) is 12.4. The number of ether oxygens (including phenoxy) is 1. The second kappa shape index (κ2) is 4.75. The predicted octanol–water partition coefficient (Wildman–Crippen LogP) is 1.77. The molecule has 2 rings (SSSR count). The summed E-state index contributed by atoms with van der Waals surface area (Å²) in [5, 5.41) is 8.84. The third kappa shape index (κ3) is 2.42. The van der Waals surface area contributed by atoms with Crippen LogP contribution in [0.25, 0.3) is 0 Å². The number of methoxy groups -OCH3 is 1. The molecule has 4 nitrogen and oxygen atoms in total. The van der Waals surface area contributed by atoms with E-state index in [2.05, 4.69) is 11.8 Å². The fourth-order valence-corrected chi connectivity index (χ4v) is 2.10. The summed E-state index contributed by atoms with van der Waals surface area (Å²) in [5.41, 5.74) is 1.16. The van der Waals surface area contributed by atoms with E-state index in [-0.39, 0.29) is 12.0 Å². The van der Waals surface area contributed by atoms with Gasteiger partial charge in [0.25, 0.3) is 0 Å². The second-order valence-electron chi connectivity index (χ2n) is 4.44. The minimum absolute atomic E-state index is 0.206. The fourth-order valence-electron chi connectivity index (χ4n) is 2.10. The van der Waals surface area contributed by atoms with Crippen LogP contribution in [-0.4, -0.2) is 36.2 Å². The Labute approximate surface area is 101 Å². The molecule has 1 aliphatic heterocycles. The number of rotatable bonds is 4. The molecule has 1 saturated heterocycles. The molecule has 1 heterocycles. The van der Waals surface area contributed by atoms with Crippen LogP contribution in [0.5, 0.6) is 5.75 Å². The lowest BCUT2D eigenvalue weighted by Crippen LogP contribution is -2.51. The van der Waals surface area contributed by atoms with E-state index in [0.29, 0.717) is 13.1 Å². The number of benzene rings is 1. The summed E-state index contributed by atoms with van der Waals surface area (Å²) in [5.74, 6) is -0.0631. The first-order valence-electron chi connectivity index (χ1n) is 5.72. The Balaban J connectivity index is 2.01. The minimum atomic E-state index is -0.695. The number of hydrogen-bond donors (Lipinski definition) is 1. The van der Waals surface area contributed by atoms with Gasteiger partial charge in [0.05, 0.1) is 13.0 Å². The van der Waals surface area contributed by atoms with E-state index in [4.69, 9.17) is 9.84 Å². The Morgan fingerprint density at radius 1 is 1.53 bits per heavy atom. The van der Waals surface area contributed by atoms with Crippen LogP contribution < -0.4 is 4.74 Å². The third-order valence-electron chi connectivity index (χ3n) is 3.38. The van der Waals surface area contributed by atoms with Crippen molar-refractivity contribution in [2.75, 3.05) is 20.2 Å². The maximum absolute atomic E-state index is 10.7. The molecule has 0 amide bonds. The molecule has 1 aromatic carbocycles. The van der Waals surface area contributed by atoms with Gasteiger partial charge >= 0.3 is 5.97 Å². The fraction of sp³-hybridized carbons (Fsp3) is 0.462. The monoisotopic (exact) mass is 235 g/mol. The Kier molecular flexibility index (Phi) is 3.33. The average Bonchev–Trinajstić information content (AvgIpc) is 2.26. The van der Waals surface area contributed by atoms with Crippen LogP contribution in [-0.2, 0) is 4.79 Å². The molecule has 0 saturated carbocycles. The lowest BCUT2D eigenvalue weighted by Gasteiger charge is -2.41. The van der Waals surface area contributed by atoms with Gasteiger partial charge < -0.3 is 9.84 Å². The van der Waals surface area contributed by atoms with Crippen LogP contribution in [0.1, 0.15) is 18.5 Å². The summed E-state index contributed by atoms with van der Waals surface area (Å²) in [4.78, 5) is 12.9. The largest absolute Gasteiger partial charge is 0.497 e. The minimum Gasteiger partial charge on any atom is -0.497 e. The van der Waals surface area contributed by atoms with E-state index in [1.165, 1.54) is 0 Å². The van der Waals surface area contributed by atoms with E-state index in [1.54, 1.807) is 7.11 Å². The van der Waals surface area contributed by atoms with Crippen LogP contribution in [0.4, 0.5) is 0 Å². The highest BCUT2D eigenvalue weighted by Crippen LogP contribution is 2.29. The van der Waals surface area contributed by atoms with Crippen molar-refractivity contribution < 1.29 is 14.6 Å². The number of hydrogen-bond acceptors (Lipinski definition) is 3. The van der Waals surface area contributed by atoms with Crippen molar-refractivity contribution in [1.82, 2.24) is 4.90 Å². The van der Waals surface area contributed by atoms with E-state index in [0.717, 1.165) is 11.3 Å². The van der Waals surface area contributed by atoms with Gasteiger partial charge in [-0.15, -0.1) is 0 Å². The smallest absolute Gasteiger partial charge is 0.309 e. The van der Waals surface area contributed by atoms with Gasteiger partial charge in [-0.1, -0.05) is 12.1 Å². The highest BCUT2D eigenvalue weighted by molar-refractivity contribution is 5.71. The molecule has 92 valence electrons. The van der Waals surface area contributed by atoms with Gasteiger partial charge in [0.2, 0.25) is 0 Å². The third-order valence-corrected chi connectivity index (χ3v) is 3.38. The second-order valence-corrected chi connectivity index (χ2v) is 4.44. The molecule has 1 aliphatic rings. The number of aliphatic carboxylic acids is 1. The van der Waals surface area contributed by atoms with Crippen molar-refractivity contribution in [2.45, 2.75) is 13.0 Å². The Hall–Kier alpha value is -1.55. The normalized spacial score (nSPS) is 18.5. The van der Waals surface area contributed by atoms with Crippen molar-refractivity contribution in [3.8, 4) is 5.75 Å². The first kappa shape index (κ1) is 11.9. The first-order chi connectivity index (χ1) is 8.11. The van der Waals surface area contributed by atoms with Gasteiger partial charge in [-0.25, -0.2) is 0 Å². The molecule has 1 atom stereocenters. The SMILES string of the molecule is COc1cccc(C(C)N2CC(C(=O)O)C2)c1. The molecule has 1 unspecified atom stereocenters. The zero-order valence-electron chi connectivity index (χ0n) is 10.1. The Morgan fingerprint density at radius 3 is 2.82 bits per heavy atom. The molecule has 1 fully saturated rings. The standard InChI is InChI=1S/C13H17NO3/c1-9(14-7-11(8-14)13(15)16)10-4-3-5-12(6-10)17-2/h3-6,9,11H,7-8H2,1-2H3,(H,15,16). The van der Waals surface area contributed by atoms with E-state index in [1.807, 2.05) is 24.3 Å². The molecule has 0 radical (unpaired) electrons. The summed E-state index contributed by atoms with van der Waals surface area (Å²) in [7, 11) is 1.65. The molecule has 0 spiro atoms. The van der Waals surface area contributed by atoms with E-state index in [9.17, 15) is 4.79 Å². The molecule has 1 aromatic rings. The highest BCUT2D eigenvalue weighted by Gasteiger charge is 2.35. The van der Waals surface area contributed by atoms with Gasteiger partial charge in [-0.2, -0.15) is 0 Å². The van der Waals surface area contributed by atoms with Gasteiger partial charge in [-0.3, -0.25) is 9.69 Å². The Bertz CT molecular complexity index is 413. The summed E-state index contributed by atoms with van der Waals surface area (Å²) < 4.78 is 5.18. The number of carboxylic acid groups (broad SMARTS) is 1. The molecular weight excluding hydrogens is 218 g/mol. The maximum atomic E-state index is 10.7. The molecule has 0 aromatic heterocycles. The van der Waals surface area contributed by atoms with Gasteiger partial charge in [0.15, 0.2) is 0 Å². The van der Waals surface area contributed by atoms with Crippen molar-refractivity contribution in [2.24, 2.45) is 5.92 Å². The molecular formula is C13H17NO3. The maximum Gasteiger partial charge on any atom is 0.309 e. The number of nitrogens with zero attached hydrogens (tertiary/aromatic N) is 1. The zero-order valence-corrected chi connectivity index (χ0v) is 10.1. The number of carboxylic acids is 1. The van der Waals surface area contributed by atoms with E-state index < -0.39 is 5.97 Å². The highest BCUT2D eigenvalue weighted by atomic mass is 16.5. The van der Waals surface area contributed by atoms with Crippen molar-refractivity contribution in [3.05, 3.63) is 29.8 Å². The van der Waals surface area contributed by atoms with Crippen LogP contribution in [0, 0.1) is 5.92 Å². The summed E-state index contributed by atoms with van der Waals surface area (Å²) >= 11 is 0. The van der Waals surface area contributed by atoms with Gasteiger partial charge in [-0.05, 0) is 24.6 Å². The van der Waals surface area contributed by atoms with Crippen LogP contribution >= 0.6 is 0 Å². The average molecular weight is 235 g/mol. The van der Waals surface area contributed by atoms with Crippen LogP contribution in [0.2, 0.25) is 0 Å². The topological polar surface area (TPSA) is 49.8 Å². The summed E-state index contributed by atoms with van der Waals surface area (Å²) in [6, 6.07) is 8.15. The van der Waals surface area contributed by atoms with Gasteiger partial charge in [0, 0.05) is 19.1 Å². The lowest BCUT2D eigenvalue weighted by molar-refractivity contribution is -0.148. The Morgan fingerprint density at radius 2 is 2.24 bits per heavy atom. The van der Waals surface area contributed by atoms with Crippen LogP contribution in [0.3, 0.4) is 0 Å². The van der Waals surface area contributed by atoms with Crippen molar-refractivity contribution in [3.63, 3.8) is 0 Å². The molecule has 4 heteroatoms. The quantitative estimate of drug-likeness (QED) is 0.864. The number of likely N-dealkylation sites (tertiary alicyclic amines) is 1. The molecule has 1 N–H and O–H groups in total. The van der Waals surface area contributed by atoms with Gasteiger partial charge in [0.1, 0.15) is 5.75 Å². The molecule has 0 aliphatic carbocycles. The van der Waals surface area contributed by atoms with Crippen LogP contribution in [0.15, 0.2) is 24.3 Å². The molecule has 0 bridgehead atoms. The lowest BCUT2D eigenvalue weighted by atomic mass is 9.95. The summed E-state index contributed by atoms with van der Waals surface area (Å²) in [6.07, 6.45) is 0. The summed E-state index contributed by atoms with van der Waals surface area (Å²) in [6.45, 7) is 3.36. The van der Waals surface area contributed by atoms with E-state index >= 15 is 0 Å². The predicted molar refractivity (Wildman–Crippen MR) is 64.1 cm³/mol. The van der Waals surface area contributed by atoms with Crippen molar-refractivity contribution in [1.29, 1.82) is 0 Å². The first-order valence-corrected chi connectivity index (χ1v) is 5.72. The van der Waals surface area contributed by atoms with Crippen molar-refractivity contribution >= 4 is 5.97 Å².